The van der Waals surface area contributed by atoms with Crippen LogP contribution in [0.15, 0.2) is 109 Å². The molecule has 0 amide bonds. The van der Waals surface area contributed by atoms with E-state index in [2.05, 4.69) is 108 Å². The average Bonchev–Trinajstić information content (AvgIpc) is 3.53. The predicted molar refractivity (Wildman–Crippen MR) is 170 cm³/mol. The zero-order valence-corrected chi connectivity index (χ0v) is 23.1. The van der Waals surface area contributed by atoms with Crippen molar-refractivity contribution >= 4 is 49.6 Å². The van der Waals surface area contributed by atoms with Crippen LogP contribution in [-0.2, 0) is 5.41 Å². The molecule has 1 aliphatic heterocycles. The second-order valence-electron chi connectivity index (χ2n) is 11.8. The van der Waals surface area contributed by atoms with Crippen molar-refractivity contribution in [2.75, 3.05) is 0 Å². The molecule has 4 aromatic heterocycles. The van der Waals surface area contributed by atoms with E-state index in [1.165, 1.54) is 55.4 Å². The lowest BCUT2D eigenvalue weighted by Crippen LogP contribution is -2.26. The first-order chi connectivity index (χ1) is 20.1. The Labute approximate surface area is 237 Å². The van der Waals surface area contributed by atoms with Gasteiger partial charge in [0.1, 0.15) is 0 Å². The Morgan fingerprint density at radius 1 is 0.659 bits per heavy atom. The minimum absolute atomic E-state index is 0.156. The number of benzene rings is 3. The highest BCUT2D eigenvalue weighted by molar-refractivity contribution is 6.11. The minimum atomic E-state index is -0.156. The number of allylic oxidation sites excluding steroid dienone is 4. The van der Waals surface area contributed by atoms with E-state index in [1.54, 1.807) is 0 Å². The third-order valence-electron chi connectivity index (χ3n) is 9.21. The summed E-state index contributed by atoms with van der Waals surface area (Å²) in [7, 11) is 0. The highest BCUT2D eigenvalue weighted by atomic mass is 15.0. The lowest BCUT2D eigenvalue weighted by molar-refractivity contribution is 0.630. The summed E-state index contributed by atoms with van der Waals surface area (Å²) in [5, 5.41) is 2.41. The molecule has 2 aliphatic rings. The maximum absolute atomic E-state index is 4.84. The number of pyridine rings is 2. The van der Waals surface area contributed by atoms with E-state index in [-0.39, 0.29) is 5.41 Å². The van der Waals surface area contributed by atoms with E-state index in [1.807, 2.05) is 24.5 Å². The number of rotatable bonds is 2. The summed E-state index contributed by atoms with van der Waals surface area (Å²) in [5.74, 6) is 0. The van der Waals surface area contributed by atoms with Crippen molar-refractivity contribution < 1.29 is 0 Å². The largest absolute Gasteiger partial charge is 0.308 e. The molecule has 0 atom stereocenters. The van der Waals surface area contributed by atoms with Crippen LogP contribution in [0.25, 0.3) is 66.4 Å². The van der Waals surface area contributed by atoms with Gasteiger partial charge in [-0.2, -0.15) is 0 Å². The van der Waals surface area contributed by atoms with Gasteiger partial charge < -0.3 is 9.13 Å². The second kappa shape index (κ2) is 8.05. The molecule has 0 saturated carbocycles. The number of para-hydroxylation sites is 1. The molecule has 9 rings (SSSR count). The quantitative estimate of drug-likeness (QED) is 0.224. The zero-order valence-electron chi connectivity index (χ0n) is 23.1. The fourth-order valence-corrected chi connectivity index (χ4v) is 7.25. The highest BCUT2D eigenvalue weighted by Gasteiger charge is 2.35. The average molecular weight is 529 g/mol. The van der Waals surface area contributed by atoms with E-state index in [9.17, 15) is 0 Å². The first kappa shape index (κ1) is 22.8. The van der Waals surface area contributed by atoms with Crippen molar-refractivity contribution in [1.82, 2.24) is 19.1 Å². The van der Waals surface area contributed by atoms with Gasteiger partial charge in [0.25, 0.3) is 0 Å². The normalized spacial score (nSPS) is 15.6. The van der Waals surface area contributed by atoms with Gasteiger partial charge in [0, 0.05) is 34.3 Å². The van der Waals surface area contributed by atoms with Crippen LogP contribution in [0, 0.1) is 0 Å². The Hall–Kier alpha value is -4.96. The molecule has 0 unspecified atom stereocenters. The highest BCUT2D eigenvalue weighted by Crippen LogP contribution is 2.48. The summed E-state index contributed by atoms with van der Waals surface area (Å²) in [6, 6.07) is 29.0. The molecule has 0 saturated heterocycles. The Balaban J connectivity index is 1.28. The molecule has 196 valence electrons. The molecule has 0 radical (unpaired) electrons. The topological polar surface area (TPSA) is 35.6 Å². The molecule has 4 nitrogen and oxygen atoms in total. The van der Waals surface area contributed by atoms with E-state index < -0.39 is 0 Å². The van der Waals surface area contributed by atoms with Crippen LogP contribution in [0.5, 0.6) is 0 Å². The lowest BCUT2D eigenvalue weighted by Gasteiger charge is -2.35. The van der Waals surface area contributed by atoms with E-state index >= 15 is 0 Å². The van der Waals surface area contributed by atoms with Gasteiger partial charge in [0.05, 0.1) is 38.8 Å². The summed E-state index contributed by atoms with van der Waals surface area (Å²) in [5.41, 5.74) is 14.3. The van der Waals surface area contributed by atoms with Gasteiger partial charge in [-0.1, -0.05) is 56.3 Å². The van der Waals surface area contributed by atoms with Crippen LogP contribution in [0.2, 0.25) is 0 Å². The summed E-state index contributed by atoms with van der Waals surface area (Å²) < 4.78 is 4.78. The smallest absolute Gasteiger partial charge is 0.0963 e. The van der Waals surface area contributed by atoms with Crippen molar-refractivity contribution in [3.8, 4) is 16.8 Å². The Morgan fingerprint density at radius 3 is 2.22 bits per heavy atom. The first-order valence-electron chi connectivity index (χ1n) is 14.4. The third kappa shape index (κ3) is 2.99. The molecule has 7 aromatic rings. The third-order valence-corrected chi connectivity index (χ3v) is 9.21. The van der Waals surface area contributed by atoms with Crippen molar-refractivity contribution in [3.63, 3.8) is 0 Å². The molecule has 4 heteroatoms. The molecule has 0 N–H and O–H groups in total. The molecule has 41 heavy (non-hydrogen) atoms. The van der Waals surface area contributed by atoms with E-state index in [0.717, 1.165) is 34.9 Å². The van der Waals surface area contributed by atoms with Crippen LogP contribution in [-0.4, -0.2) is 19.1 Å². The molecule has 0 fully saturated rings. The molecule has 0 spiro atoms. The number of nitrogens with zero attached hydrogens (tertiary/aromatic N) is 4. The Morgan fingerprint density at radius 2 is 1.41 bits per heavy atom. The maximum Gasteiger partial charge on any atom is 0.0963 e. The van der Waals surface area contributed by atoms with Crippen LogP contribution in [0.3, 0.4) is 0 Å². The van der Waals surface area contributed by atoms with Gasteiger partial charge in [0.2, 0.25) is 0 Å². The minimum Gasteiger partial charge on any atom is -0.308 e. The van der Waals surface area contributed by atoms with Crippen molar-refractivity contribution in [2.24, 2.45) is 0 Å². The van der Waals surface area contributed by atoms with E-state index in [4.69, 9.17) is 9.97 Å². The van der Waals surface area contributed by atoms with Crippen molar-refractivity contribution in [2.45, 2.75) is 32.1 Å². The summed E-state index contributed by atoms with van der Waals surface area (Å²) in [6.07, 6.45) is 12.8. The van der Waals surface area contributed by atoms with Crippen molar-refractivity contribution in [3.05, 3.63) is 121 Å². The molecular weight excluding hydrogens is 500 g/mol. The number of hydrogen-bond donors (Lipinski definition) is 0. The molecule has 0 bridgehead atoms. The van der Waals surface area contributed by atoms with Gasteiger partial charge in [-0.25, -0.2) is 0 Å². The van der Waals surface area contributed by atoms with Crippen LogP contribution < -0.4 is 0 Å². The van der Waals surface area contributed by atoms with Gasteiger partial charge in [0.15, 0.2) is 0 Å². The van der Waals surface area contributed by atoms with Gasteiger partial charge >= 0.3 is 0 Å². The fourth-order valence-electron chi connectivity index (χ4n) is 7.25. The second-order valence-corrected chi connectivity index (χ2v) is 11.8. The molecular formula is C37H28N4. The molecule has 3 aromatic carbocycles. The number of fused-ring (bicyclic) bond motifs is 8. The Kier molecular flexibility index (Phi) is 4.48. The predicted octanol–water partition coefficient (Wildman–Crippen LogP) is 9.18. The standard InChI is InChI=1S/C37H28N4/c1-37(2)28-12-6-11-26-34-33(14-8-19-38-34)41(36(26)28)31-18-16-24(22-29(31)37)23-15-17-30-27(21-23)35-32(13-7-20-39-35)40(30)25-9-4-3-5-10-25/h4,6-22H,3,5H2,1-2H3. The first-order valence-corrected chi connectivity index (χ1v) is 14.4. The maximum atomic E-state index is 4.84. The van der Waals surface area contributed by atoms with Crippen molar-refractivity contribution in [1.29, 1.82) is 0 Å². The van der Waals surface area contributed by atoms with Gasteiger partial charge in [-0.05, 0) is 89.7 Å². The monoisotopic (exact) mass is 528 g/mol. The summed E-state index contributed by atoms with van der Waals surface area (Å²) >= 11 is 0. The lowest BCUT2D eigenvalue weighted by atomic mass is 9.74. The zero-order chi connectivity index (χ0) is 27.3. The summed E-state index contributed by atoms with van der Waals surface area (Å²) in [4.78, 5) is 9.63. The van der Waals surface area contributed by atoms with E-state index in [0.29, 0.717) is 0 Å². The SMILES string of the molecule is CC1(C)c2cc(-c3ccc4c(c3)c3ncccc3n4C3=CCCC=C3)ccc2-n2c3cccnc3c3cccc1c32. The Bertz CT molecular complexity index is 2290. The molecule has 5 heterocycles. The van der Waals surface area contributed by atoms with Gasteiger partial charge in [-0.15, -0.1) is 0 Å². The number of aromatic nitrogens is 4. The van der Waals surface area contributed by atoms with Crippen LogP contribution in [0.1, 0.15) is 37.8 Å². The van der Waals surface area contributed by atoms with Gasteiger partial charge in [-0.3, -0.25) is 9.97 Å². The van der Waals surface area contributed by atoms with Crippen LogP contribution in [0.4, 0.5) is 0 Å². The van der Waals surface area contributed by atoms with Crippen LogP contribution >= 0.6 is 0 Å². The molecule has 1 aliphatic carbocycles. The summed E-state index contributed by atoms with van der Waals surface area (Å²) in [6.45, 7) is 4.70. The fraction of sp³-hybridized carbons (Fsp3) is 0.135. The number of hydrogen-bond acceptors (Lipinski definition) is 2.